The molecule has 2 aromatic rings. The Bertz CT molecular complexity index is 760. The summed E-state index contributed by atoms with van der Waals surface area (Å²) in [6, 6.07) is 2.51. The van der Waals surface area contributed by atoms with E-state index in [1.165, 1.54) is 30.6 Å². The molecule has 1 N–H and O–H groups in total. The van der Waals surface area contributed by atoms with Crippen LogP contribution in [-0.4, -0.2) is 29.5 Å². The van der Waals surface area contributed by atoms with E-state index in [1.807, 2.05) is 12.3 Å². The molecule has 0 aliphatic carbocycles. The van der Waals surface area contributed by atoms with Crippen LogP contribution in [0.1, 0.15) is 28.0 Å². The van der Waals surface area contributed by atoms with Gasteiger partial charge in [0.05, 0.1) is 31.3 Å². The first-order valence-electron chi connectivity index (χ1n) is 7.14. The third-order valence-corrected chi connectivity index (χ3v) is 4.06. The van der Waals surface area contributed by atoms with Gasteiger partial charge in [-0.1, -0.05) is 0 Å². The monoisotopic (exact) mass is 351 g/mol. The largest absolute Gasteiger partial charge is 0.493 e. The second kappa shape index (κ2) is 7.73. The number of thiazole rings is 1. The minimum Gasteiger partial charge on any atom is -0.493 e. The van der Waals surface area contributed by atoms with E-state index in [4.69, 9.17) is 9.47 Å². The minimum absolute atomic E-state index is 0.0856. The second-order valence-electron chi connectivity index (χ2n) is 4.78. The molecule has 0 saturated carbocycles. The standard InChI is InChI=1S/C15H17N3O5S/c1-4-23-13-5-10(11(18(20)21)6-12(13)22-3)15(19)16-7-14-17-9(2)8-24-14/h5-6,8H,4,7H2,1-3H3,(H,16,19). The quantitative estimate of drug-likeness (QED) is 0.607. The van der Waals surface area contributed by atoms with Gasteiger partial charge in [0, 0.05) is 17.1 Å². The second-order valence-corrected chi connectivity index (χ2v) is 5.72. The Hall–Kier alpha value is -2.68. The number of hydrogen-bond donors (Lipinski definition) is 1. The van der Waals surface area contributed by atoms with E-state index in [-0.39, 0.29) is 29.3 Å². The SMILES string of the molecule is CCOc1cc(C(=O)NCc2nc(C)cs2)c([N+](=O)[O-])cc1OC. The highest BCUT2D eigenvalue weighted by molar-refractivity contribution is 7.09. The van der Waals surface area contributed by atoms with Crippen molar-refractivity contribution in [1.29, 1.82) is 0 Å². The first-order valence-corrected chi connectivity index (χ1v) is 8.02. The number of nitrogens with one attached hydrogen (secondary N) is 1. The van der Waals surface area contributed by atoms with E-state index in [0.717, 1.165) is 10.7 Å². The normalized spacial score (nSPS) is 10.3. The van der Waals surface area contributed by atoms with Crippen molar-refractivity contribution in [2.75, 3.05) is 13.7 Å². The van der Waals surface area contributed by atoms with Crippen molar-refractivity contribution >= 4 is 22.9 Å². The highest BCUT2D eigenvalue weighted by Crippen LogP contribution is 2.34. The number of carbonyl (C=O) groups is 1. The number of rotatable bonds is 7. The van der Waals surface area contributed by atoms with Gasteiger partial charge in [-0.3, -0.25) is 14.9 Å². The topological polar surface area (TPSA) is 104 Å². The number of aromatic nitrogens is 1. The Kier molecular flexibility index (Phi) is 5.69. The lowest BCUT2D eigenvalue weighted by molar-refractivity contribution is -0.385. The smallest absolute Gasteiger partial charge is 0.286 e. The summed E-state index contributed by atoms with van der Waals surface area (Å²) in [7, 11) is 1.38. The van der Waals surface area contributed by atoms with Crippen molar-refractivity contribution in [3.63, 3.8) is 0 Å². The fourth-order valence-electron chi connectivity index (χ4n) is 2.04. The molecule has 2 rings (SSSR count). The van der Waals surface area contributed by atoms with Gasteiger partial charge in [0.15, 0.2) is 11.5 Å². The summed E-state index contributed by atoms with van der Waals surface area (Å²) in [5.74, 6) is -0.0883. The van der Waals surface area contributed by atoms with E-state index >= 15 is 0 Å². The first kappa shape index (κ1) is 17.7. The van der Waals surface area contributed by atoms with Crippen LogP contribution in [-0.2, 0) is 6.54 Å². The Morgan fingerprint density at radius 1 is 1.42 bits per heavy atom. The van der Waals surface area contributed by atoms with E-state index in [2.05, 4.69) is 10.3 Å². The lowest BCUT2D eigenvalue weighted by atomic mass is 10.1. The molecule has 0 atom stereocenters. The third kappa shape index (κ3) is 3.99. The summed E-state index contributed by atoms with van der Waals surface area (Å²) in [6.07, 6.45) is 0. The summed E-state index contributed by atoms with van der Waals surface area (Å²) in [5, 5.41) is 16.5. The number of nitro groups is 1. The number of methoxy groups -OCH3 is 1. The van der Waals surface area contributed by atoms with Gasteiger partial charge in [0.25, 0.3) is 11.6 Å². The van der Waals surface area contributed by atoms with Crippen molar-refractivity contribution < 1.29 is 19.2 Å². The molecule has 0 spiro atoms. The average Bonchev–Trinajstić information content (AvgIpc) is 2.97. The predicted molar refractivity (Wildman–Crippen MR) is 88.8 cm³/mol. The summed E-state index contributed by atoms with van der Waals surface area (Å²) in [6.45, 7) is 4.16. The molecule has 1 aromatic carbocycles. The highest BCUT2D eigenvalue weighted by Gasteiger charge is 2.24. The van der Waals surface area contributed by atoms with Gasteiger partial charge in [0.1, 0.15) is 10.6 Å². The number of aryl methyl sites for hydroxylation is 1. The molecule has 0 aliphatic heterocycles. The molecule has 128 valence electrons. The fraction of sp³-hybridized carbons (Fsp3) is 0.333. The van der Waals surface area contributed by atoms with Gasteiger partial charge < -0.3 is 14.8 Å². The first-order chi connectivity index (χ1) is 11.5. The van der Waals surface area contributed by atoms with Gasteiger partial charge in [0.2, 0.25) is 0 Å². The lowest BCUT2D eigenvalue weighted by Crippen LogP contribution is -2.23. The molecular weight excluding hydrogens is 334 g/mol. The average molecular weight is 351 g/mol. The molecule has 24 heavy (non-hydrogen) atoms. The van der Waals surface area contributed by atoms with Crippen LogP contribution in [0, 0.1) is 17.0 Å². The Balaban J connectivity index is 2.29. The minimum atomic E-state index is -0.624. The fourth-order valence-corrected chi connectivity index (χ4v) is 2.76. The molecule has 0 fully saturated rings. The molecule has 1 amide bonds. The summed E-state index contributed by atoms with van der Waals surface area (Å²) in [4.78, 5) is 27.2. The highest BCUT2D eigenvalue weighted by atomic mass is 32.1. The molecule has 8 nitrogen and oxygen atoms in total. The molecule has 1 heterocycles. The number of hydrogen-bond acceptors (Lipinski definition) is 7. The zero-order valence-corrected chi connectivity index (χ0v) is 14.3. The molecule has 0 saturated heterocycles. The Morgan fingerprint density at radius 3 is 2.71 bits per heavy atom. The van der Waals surface area contributed by atoms with Crippen LogP contribution in [0.15, 0.2) is 17.5 Å². The van der Waals surface area contributed by atoms with Crippen LogP contribution in [0.2, 0.25) is 0 Å². The van der Waals surface area contributed by atoms with Crippen LogP contribution < -0.4 is 14.8 Å². The van der Waals surface area contributed by atoms with Gasteiger partial charge in [-0.05, 0) is 13.8 Å². The van der Waals surface area contributed by atoms with Gasteiger partial charge >= 0.3 is 0 Å². The van der Waals surface area contributed by atoms with Crippen molar-refractivity contribution in [3.05, 3.63) is 43.9 Å². The number of benzene rings is 1. The maximum absolute atomic E-state index is 12.4. The Labute approximate surface area is 142 Å². The van der Waals surface area contributed by atoms with E-state index in [9.17, 15) is 14.9 Å². The van der Waals surface area contributed by atoms with Gasteiger partial charge in [-0.15, -0.1) is 11.3 Å². The maximum Gasteiger partial charge on any atom is 0.286 e. The summed E-state index contributed by atoms with van der Waals surface area (Å²) >= 11 is 1.41. The van der Waals surface area contributed by atoms with Crippen molar-refractivity contribution in [3.8, 4) is 11.5 Å². The summed E-state index contributed by atoms with van der Waals surface area (Å²) in [5.41, 5.74) is 0.430. The maximum atomic E-state index is 12.4. The third-order valence-electron chi connectivity index (χ3n) is 3.09. The molecule has 0 aliphatic rings. The number of ether oxygens (including phenoxy) is 2. The van der Waals surface area contributed by atoms with Gasteiger partial charge in [-0.25, -0.2) is 4.98 Å². The van der Waals surface area contributed by atoms with Crippen molar-refractivity contribution in [2.24, 2.45) is 0 Å². The number of nitro benzene ring substituents is 1. The van der Waals surface area contributed by atoms with E-state index in [1.54, 1.807) is 6.92 Å². The molecule has 1 aromatic heterocycles. The number of carbonyl (C=O) groups excluding carboxylic acids is 1. The van der Waals surface area contributed by atoms with E-state index in [0.29, 0.717) is 6.61 Å². The number of nitrogens with zero attached hydrogens (tertiary/aromatic N) is 2. The van der Waals surface area contributed by atoms with Crippen molar-refractivity contribution in [2.45, 2.75) is 20.4 Å². The molecule has 0 bridgehead atoms. The van der Waals surface area contributed by atoms with Gasteiger partial charge in [-0.2, -0.15) is 0 Å². The predicted octanol–water partition coefficient (Wildman–Crippen LogP) is 2.70. The van der Waals surface area contributed by atoms with Crippen LogP contribution >= 0.6 is 11.3 Å². The zero-order valence-electron chi connectivity index (χ0n) is 13.5. The molecule has 0 radical (unpaired) electrons. The zero-order chi connectivity index (χ0) is 17.7. The summed E-state index contributed by atoms with van der Waals surface area (Å²) < 4.78 is 10.5. The van der Waals surface area contributed by atoms with E-state index < -0.39 is 10.8 Å². The Morgan fingerprint density at radius 2 is 2.17 bits per heavy atom. The lowest BCUT2D eigenvalue weighted by Gasteiger charge is -2.11. The van der Waals surface area contributed by atoms with Crippen LogP contribution in [0.5, 0.6) is 11.5 Å². The number of amides is 1. The van der Waals surface area contributed by atoms with Crippen molar-refractivity contribution in [1.82, 2.24) is 10.3 Å². The van der Waals surface area contributed by atoms with Crippen LogP contribution in [0.3, 0.4) is 0 Å². The van der Waals surface area contributed by atoms with Crippen LogP contribution in [0.25, 0.3) is 0 Å². The van der Waals surface area contributed by atoms with Crippen LogP contribution in [0.4, 0.5) is 5.69 Å². The molecule has 0 unspecified atom stereocenters. The molecular formula is C15H17N3O5S. The molecule has 9 heteroatoms.